The number of likely N-dealkylation sites (N-methyl/N-ethyl adjacent to an activating group) is 1. The number of carbonyl (C=O) groups excluding carboxylic acids is 1. The van der Waals surface area contributed by atoms with Crippen LogP contribution in [-0.2, 0) is 13.5 Å². The van der Waals surface area contributed by atoms with Gasteiger partial charge in [0, 0.05) is 26.2 Å². The summed E-state index contributed by atoms with van der Waals surface area (Å²) < 4.78 is 20.8. The first-order chi connectivity index (χ1) is 13.4. The fourth-order valence-electron chi connectivity index (χ4n) is 2.89. The van der Waals surface area contributed by atoms with Crippen molar-refractivity contribution in [1.29, 1.82) is 0 Å². The van der Waals surface area contributed by atoms with E-state index in [1.807, 2.05) is 18.2 Å². The first-order valence-electron chi connectivity index (χ1n) is 8.77. The molecule has 0 fully saturated rings. The van der Waals surface area contributed by atoms with Gasteiger partial charge in [0.05, 0.1) is 17.3 Å². The molecule has 0 unspecified atom stereocenters. The van der Waals surface area contributed by atoms with E-state index in [-0.39, 0.29) is 11.7 Å². The zero-order chi connectivity index (χ0) is 20.3. The molecule has 0 aliphatic carbocycles. The van der Waals surface area contributed by atoms with Crippen molar-refractivity contribution in [2.75, 3.05) is 20.7 Å². The van der Waals surface area contributed by atoms with E-state index in [0.717, 1.165) is 21.3 Å². The molecule has 1 heterocycles. The number of halogens is 2. The lowest BCUT2D eigenvalue weighted by molar-refractivity contribution is 0.0786. The van der Waals surface area contributed by atoms with Gasteiger partial charge in [-0.25, -0.2) is 4.39 Å². The molecule has 0 N–H and O–H groups in total. The summed E-state index contributed by atoms with van der Waals surface area (Å²) in [5.41, 5.74) is 2.99. The fraction of sp³-hybridized carbons (Fsp3) is 0.238. The summed E-state index contributed by atoms with van der Waals surface area (Å²) in [6.07, 6.45) is 0.716. The van der Waals surface area contributed by atoms with Gasteiger partial charge in [-0.2, -0.15) is 5.10 Å². The van der Waals surface area contributed by atoms with Crippen LogP contribution in [0.2, 0.25) is 0 Å². The summed E-state index contributed by atoms with van der Waals surface area (Å²) in [6.45, 7) is 0.564. The topological polar surface area (TPSA) is 47.4 Å². The van der Waals surface area contributed by atoms with Gasteiger partial charge in [0.15, 0.2) is 0 Å². The second kappa shape index (κ2) is 8.56. The Morgan fingerprint density at radius 3 is 2.57 bits per heavy atom. The highest BCUT2D eigenvalue weighted by molar-refractivity contribution is 9.10. The van der Waals surface area contributed by atoms with Gasteiger partial charge < -0.3 is 9.64 Å². The molecule has 0 atom stereocenters. The van der Waals surface area contributed by atoms with Crippen LogP contribution in [0.4, 0.5) is 4.39 Å². The van der Waals surface area contributed by atoms with E-state index in [9.17, 15) is 9.18 Å². The third-order valence-corrected chi connectivity index (χ3v) is 5.16. The number of methoxy groups -OCH3 is 1. The molecule has 5 nitrogen and oxygen atoms in total. The molecule has 0 saturated heterocycles. The van der Waals surface area contributed by atoms with E-state index < -0.39 is 0 Å². The van der Waals surface area contributed by atoms with Gasteiger partial charge in [-0.1, -0.05) is 6.07 Å². The van der Waals surface area contributed by atoms with Crippen molar-refractivity contribution in [3.8, 4) is 17.0 Å². The van der Waals surface area contributed by atoms with Crippen LogP contribution in [0.1, 0.15) is 16.1 Å². The van der Waals surface area contributed by atoms with Crippen LogP contribution in [0.5, 0.6) is 5.75 Å². The van der Waals surface area contributed by atoms with Gasteiger partial charge in [0.1, 0.15) is 17.3 Å². The Morgan fingerprint density at radius 2 is 1.93 bits per heavy atom. The van der Waals surface area contributed by atoms with Crippen molar-refractivity contribution in [3.63, 3.8) is 0 Å². The standard InChI is InChI=1S/C21H21BrFN3O2/c1-25(11-10-14-4-9-20(28-3)17(22)12-14)21(27)19-13-18(24-26(19)2)15-5-7-16(23)8-6-15/h4-9,12-13H,10-11H2,1-3H3. The summed E-state index contributed by atoms with van der Waals surface area (Å²) in [7, 11) is 5.13. The lowest BCUT2D eigenvalue weighted by Gasteiger charge is -2.17. The van der Waals surface area contributed by atoms with Gasteiger partial charge in [-0.15, -0.1) is 0 Å². The number of nitrogens with zero attached hydrogens (tertiary/aromatic N) is 3. The van der Waals surface area contributed by atoms with Crippen LogP contribution in [0.3, 0.4) is 0 Å². The van der Waals surface area contributed by atoms with E-state index in [1.54, 1.807) is 49.0 Å². The zero-order valence-electron chi connectivity index (χ0n) is 15.9. The van der Waals surface area contributed by atoms with Crippen LogP contribution in [0.15, 0.2) is 53.0 Å². The van der Waals surface area contributed by atoms with Crippen LogP contribution >= 0.6 is 15.9 Å². The number of aromatic nitrogens is 2. The minimum atomic E-state index is -0.305. The molecule has 146 valence electrons. The number of hydrogen-bond donors (Lipinski definition) is 0. The first-order valence-corrected chi connectivity index (χ1v) is 9.56. The van der Waals surface area contributed by atoms with Crippen molar-refractivity contribution in [2.45, 2.75) is 6.42 Å². The number of amides is 1. The van der Waals surface area contributed by atoms with E-state index in [0.29, 0.717) is 24.4 Å². The minimum absolute atomic E-state index is 0.115. The molecular weight excluding hydrogens is 425 g/mol. The molecule has 3 rings (SSSR count). The zero-order valence-corrected chi connectivity index (χ0v) is 17.5. The van der Waals surface area contributed by atoms with Crippen LogP contribution in [0, 0.1) is 5.82 Å². The van der Waals surface area contributed by atoms with Crippen LogP contribution in [-0.4, -0.2) is 41.3 Å². The quantitative estimate of drug-likeness (QED) is 0.567. The molecule has 2 aromatic carbocycles. The van der Waals surface area contributed by atoms with Crippen LogP contribution < -0.4 is 4.74 Å². The Balaban J connectivity index is 1.69. The Bertz CT molecular complexity index is 986. The largest absolute Gasteiger partial charge is 0.496 e. The van der Waals surface area contributed by atoms with Gasteiger partial charge >= 0.3 is 0 Å². The molecule has 0 spiro atoms. The molecular formula is C21H21BrFN3O2. The molecule has 0 aliphatic heterocycles. The summed E-state index contributed by atoms with van der Waals surface area (Å²) >= 11 is 3.48. The molecule has 28 heavy (non-hydrogen) atoms. The number of carbonyl (C=O) groups is 1. The second-order valence-electron chi connectivity index (χ2n) is 6.49. The summed E-state index contributed by atoms with van der Waals surface area (Å²) in [6, 6.07) is 13.7. The van der Waals surface area contributed by atoms with Crippen molar-refractivity contribution < 1.29 is 13.9 Å². The summed E-state index contributed by atoms with van der Waals surface area (Å²) in [4.78, 5) is 14.5. The maximum atomic E-state index is 13.1. The molecule has 3 aromatic rings. The summed E-state index contributed by atoms with van der Waals surface area (Å²) in [5, 5.41) is 4.39. The molecule has 0 radical (unpaired) electrons. The normalized spacial score (nSPS) is 10.8. The Labute approximate surface area is 171 Å². The van der Waals surface area contributed by atoms with E-state index in [4.69, 9.17) is 4.74 Å². The number of aryl methyl sites for hydroxylation is 1. The van der Waals surface area contributed by atoms with E-state index >= 15 is 0 Å². The number of benzene rings is 2. The third-order valence-electron chi connectivity index (χ3n) is 4.54. The number of hydrogen-bond acceptors (Lipinski definition) is 3. The number of rotatable bonds is 6. The molecule has 1 aromatic heterocycles. The molecule has 0 aliphatic rings. The van der Waals surface area contributed by atoms with Crippen molar-refractivity contribution >= 4 is 21.8 Å². The first kappa shape index (κ1) is 20.1. The van der Waals surface area contributed by atoms with E-state index in [1.165, 1.54) is 12.1 Å². The van der Waals surface area contributed by atoms with Crippen molar-refractivity contribution in [1.82, 2.24) is 14.7 Å². The van der Waals surface area contributed by atoms with Gasteiger partial charge in [-0.05, 0) is 70.4 Å². The highest BCUT2D eigenvalue weighted by atomic mass is 79.9. The van der Waals surface area contributed by atoms with Gasteiger partial charge in [0.2, 0.25) is 0 Å². The maximum absolute atomic E-state index is 13.1. The SMILES string of the molecule is COc1ccc(CCN(C)C(=O)c2cc(-c3ccc(F)cc3)nn2C)cc1Br. The smallest absolute Gasteiger partial charge is 0.271 e. The predicted molar refractivity (Wildman–Crippen MR) is 110 cm³/mol. The molecule has 7 heteroatoms. The Morgan fingerprint density at radius 1 is 1.21 bits per heavy atom. The maximum Gasteiger partial charge on any atom is 0.271 e. The monoisotopic (exact) mass is 445 g/mol. The van der Waals surface area contributed by atoms with Crippen molar-refractivity contribution in [2.24, 2.45) is 7.05 Å². The second-order valence-corrected chi connectivity index (χ2v) is 7.35. The van der Waals surface area contributed by atoms with Crippen LogP contribution in [0.25, 0.3) is 11.3 Å². The predicted octanol–water partition coefficient (Wildman–Crippen LogP) is 4.31. The Hall–Kier alpha value is -2.67. The molecule has 1 amide bonds. The lowest BCUT2D eigenvalue weighted by Crippen LogP contribution is -2.30. The highest BCUT2D eigenvalue weighted by Crippen LogP contribution is 2.26. The average molecular weight is 446 g/mol. The van der Waals surface area contributed by atoms with E-state index in [2.05, 4.69) is 21.0 Å². The lowest BCUT2D eigenvalue weighted by atomic mass is 10.1. The Kier molecular flexibility index (Phi) is 6.14. The summed E-state index contributed by atoms with van der Waals surface area (Å²) in [5.74, 6) is 0.355. The number of ether oxygens (including phenoxy) is 1. The highest BCUT2D eigenvalue weighted by Gasteiger charge is 2.18. The third kappa shape index (κ3) is 4.42. The molecule has 0 saturated carbocycles. The average Bonchev–Trinajstić information content (AvgIpc) is 3.07. The molecule has 0 bridgehead atoms. The van der Waals surface area contributed by atoms with Crippen molar-refractivity contribution in [3.05, 3.63) is 70.1 Å². The van der Waals surface area contributed by atoms with Gasteiger partial charge in [0.25, 0.3) is 5.91 Å². The van der Waals surface area contributed by atoms with Gasteiger partial charge in [-0.3, -0.25) is 9.48 Å². The fourth-order valence-corrected chi connectivity index (χ4v) is 3.48. The minimum Gasteiger partial charge on any atom is -0.496 e.